The third-order valence-corrected chi connectivity index (χ3v) is 2.52. The molecule has 0 fully saturated rings. The van der Waals surface area contributed by atoms with Crippen LogP contribution >= 0.6 is 0 Å². The second kappa shape index (κ2) is 5.89. The number of nitro groups is 1. The molecule has 1 amide bonds. The third kappa shape index (κ3) is 3.73. The summed E-state index contributed by atoms with van der Waals surface area (Å²) in [7, 11) is 1.43. The highest BCUT2D eigenvalue weighted by molar-refractivity contribution is 5.95. The van der Waals surface area contributed by atoms with Gasteiger partial charge in [0.25, 0.3) is 11.6 Å². The van der Waals surface area contributed by atoms with Crippen molar-refractivity contribution in [2.75, 3.05) is 13.6 Å². The molecule has 8 nitrogen and oxygen atoms in total. The Labute approximate surface area is 108 Å². The number of aliphatic carboxylic acids is 1. The van der Waals surface area contributed by atoms with Crippen LogP contribution in [0.1, 0.15) is 22.5 Å². The van der Waals surface area contributed by atoms with Crippen LogP contribution in [0, 0.1) is 17.0 Å². The van der Waals surface area contributed by atoms with E-state index in [-0.39, 0.29) is 24.2 Å². The van der Waals surface area contributed by atoms with E-state index in [4.69, 9.17) is 5.11 Å². The molecule has 1 N–H and O–H groups in total. The summed E-state index contributed by atoms with van der Waals surface area (Å²) in [4.78, 5) is 37.4. The molecule has 0 aliphatic heterocycles. The molecule has 1 aromatic heterocycles. The lowest BCUT2D eigenvalue weighted by Gasteiger charge is -2.16. The number of rotatable bonds is 5. The molecule has 0 aliphatic carbocycles. The topological polar surface area (TPSA) is 114 Å². The Morgan fingerprint density at radius 2 is 2.16 bits per heavy atom. The van der Waals surface area contributed by atoms with Crippen LogP contribution in [-0.4, -0.2) is 45.4 Å². The first-order valence-corrected chi connectivity index (χ1v) is 5.41. The van der Waals surface area contributed by atoms with Gasteiger partial charge in [-0.2, -0.15) is 0 Å². The zero-order valence-electron chi connectivity index (χ0n) is 10.5. The maximum atomic E-state index is 12.0. The minimum Gasteiger partial charge on any atom is -0.481 e. The van der Waals surface area contributed by atoms with Crippen molar-refractivity contribution in [3.05, 3.63) is 33.6 Å². The molecular formula is C11H13N3O5. The van der Waals surface area contributed by atoms with Gasteiger partial charge in [0.15, 0.2) is 0 Å². The van der Waals surface area contributed by atoms with Gasteiger partial charge < -0.3 is 10.0 Å². The SMILES string of the molecule is Cc1ncc([N+](=O)[O-])cc1C(=O)N(C)CCC(=O)O. The van der Waals surface area contributed by atoms with Crippen molar-refractivity contribution < 1.29 is 19.6 Å². The highest BCUT2D eigenvalue weighted by atomic mass is 16.6. The normalized spacial score (nSPS) is 10.0. The minimum absolute atomic E-state index is 0.0241. The summed E-state index contributed by atoms with van der Waals surface area (Å²) in [6.07, 6.45) is 0.882. The second-order valence-corrected chi connectivity index (χ2v) is 3.95. The Kier molecular flexibility index (Phi) is 4.51. The second-order valence-electron chi connectivity index (χ2n) is 3.95. The van der Waals surface area contributed by atoms with E-state index in [9.17, 15) is 19.7 Å². The number of amides is 1. The monoisotopic (exact) mass is 267 g/mol. The standard InChI is InChI=1S/C11H13N3O5/c1-7-9(5-8(6-12-7)14(18)19)11(17)13(2)4-3-10(15)16/h5-6H,3-4H2,1-2H3,(H,15,16). The fraction of sp³-hybridized carbons (Fsp3) is 0.364. The highest BCUT2D eigenvalue weighted by Crippen LogP contribution is 2.16. The van der Waals surface area contributed by atoms with Crippen molar-refractivity contribution in [1.29, 1.82) is 0 Å². The van der Waals surface area contributed by atoms with Gasteiger partial charge in [-0.25, -0.2) is 0 Å². The largest absolute Gasteiger partial charge is 0.481 e. The molecule has 0 atom stereocenters. The van der Waals surface area contributed by atoms with Crippen molar-refractivity contribution in [2.24, 2.45) is 0 Å². The first-order chi connectivity index (χ1) is 8.82. The van der Waals surface area contributed by atoms with Gasteiger partial charge >= 0.3 is 5.97 Å². The molecule has 0 aliphatic rings. The molecule has 0 radical (unpaired) electrons. The van der Waals surface area contributed by atoms with E-state index in [0.717, 1.165) is 12.3 Å². The Balaban J connectivity index is 2.95. The zero-order chi connectivity index (χ0) is 14.6. The van der Waals surface area contributed by atoms with Crippen LogP contribution in [0.25, 0.3) is 0 Å². The maximum absolute atomic E-state index is 12.0. The number of carboxylic acids is 1. The molecule has 0 spiro atoms. The summed E-state index contributed by atoms with van der Waals surface area (Å²) in [5.74, 6) is -1.51. The Hall–Kier alpha value is -2.51. The Morgan fingerprint density at radius 3 is 2.68 bits per heavy atom. The minimum atomic E-state index is -1.02. The molecule has 0 saturated heterocycles. The molecule has 0 saturated carbocycles. The van der Waals surface area contributed by atoms with Crippen LogP contribution in [-0.2, 0) is 4.79 Å². The van der Waals surface area contributed by atoms with E-state index in [1.165, 1.54) is 11.9 Å². The first-order valence-electron chi connectivity index (χ1n) is 5.41. The number of carboxylic acid groups (broad SMARTS) is 1. The van der Waals surface area contributed by atoms with Crippen molar-refractivity contribution >= 4 is 17.6 Å². The number of hydrogen-bond acceptors (Lipinski definition) is 5. The number of carbonyl (C=O) groups is 2. The quantitative estimate of drug-likeness (QED) is 0.624. The molecule has 0 aromatic carbocycles. The van der Waals surface area contributed by atoms with E-state index in [2.05, 4.69) is 4.98 Å². The Bertz CT molecular complexity index is 529. The highest BCUT2D eigenvalue weighted by Gasteiger charge is 2.19. The van der Waals surface area contributed by atoms with Crippen LogP contribution in [0.5, 0.6) is 0 Å². The smallest absolute Gasteiger partial charge is 0.305 e. The zero-order valence-corrected chi connectivity index (χ0v) is 10.5. The van der Waals surface area contributed by atoms with E-state index in [1.807, 2.05) is 0 Å². The van der Waals surface area contributed by atoms with Gasteiger partial charge in [0, 0.05) is 19.7 Å². The van der Waals surface area contributed by atoms with Crippen LogP contribution < -0.4 is 0 Å². The van der Waals surface area contributed by atoms with Gasteiger partial charge in [0.2, 0.25) is 0 Å². The maximum Gasteiger partial charge on any atom is 0.305 e. The lowest BCUT2D eigenvalue weighted by atomic mass is 10.1. The number of aryl methyl sites for hydroxylation is 1. The lowest BCUT2D eigenvalue weighted by Crippen LogP contribution is -2.29. The predicted molar refractivity (Wildman–Crippen MR) is 64.8 cm³/mol. The van der Waals surface area contributed by atoms with Crippen LogP contribution in [0.4, 0.5) is 5.69 Å². The molecule has 19 heavy (non-hydrogen) atoms. The predicted octanol–water partition coefficient (Wildman–Crippen LogP) is 0.845. The summed E-state index contributed by atoms with van der Waals surface area (Å²) in [5.41, 5.74) is 0.181. The van der Waals surface area contributed by atoms with Crippen molar-refractivity contribution in [2.45, 2.75) is 13.3 Å². The summed E-state index contributed by atoms with van der Waals surface area (Å²) < 4.78 is 0. The molecule has 0 bridgehead atoms. The summed E-state index contributed by atoms with van der Waals surface area (Å²) in [5, 5.41) is 19.2. The van der Waals surface area contributed by atoms with Crippen molar-refractivity contribution in [1.82, 2.24) is 9.88 Å². The van der Waals surface area contributed by atoms with Gasteiger partial charge in [-0.15, -0.1) is 0 Å². The molecule has 8 heteroatoms. The van der Waals surface area contributed by atoms with Crippen molar-refractivity contribution in [3.8, 4) is 0 Å². The Morgan fingerprint density at radius 1 is 1.53 bits per heavy atom. The number of pyridine rings is 1. The number of nitrogens with zero attached hydrogens (tertiary/aromatic N) is 3. The molecular weight excluding hydrogens is 254 g/mol. The molecule has 1 heterocycles. The summed E-state index contributed by atoms with van der Waals surface area (Å²) in [6, 6.07) is 1.14. The van der Waals surface area contributed by atoms with E-state index < -0.39 is 16.8 Å². The van der Waals surface area contributed by atoms with Gasteiger partial charge in [0.05, 0.1) is 22.6 Å². The molecule has 1 rings (SSSR count). The van der Waals surface area contributed by atoms with Gasteiger partial charge in [-0.3, -0.25) is 24.7 Å². The molecule has 0 unspecified atom stereocenters. The number of hydrogen-bond donors (Lipinski definition) is 1. The number of aromatic nitrogens is 1. The van der Waals surface area contributed by atoms with E-state index in [0.29, 0.717) is 5.69 Å². The van der Waals surface area contributed by atoms with E-state index >= 15 is 0 Å². The van der Waals surface area contributed by atoms with Crippen LogP contribution in [0.2, 0.25) is 0 Å². The number of carbonyl (C=O) groups excluding carboxylic acids is 1. The average molecular weight is 267 g/mol. The molecule has 1 aromatic rings. The van der Waals surface area contributed by atoms with Gasteiger partial charge in [-0.05, 0) is 6.92 Å². The lowest BCUT2D eigenvalue weighted by molar-refractivity contribution is -0.385. The first kappa shape index (κ1) is 14.6. The summed E-state index contributed by atoms with van der Waals surface area (Å²) in [6.45, 7) is 1.58. The van der Waals surface area contributed by atoms with Crippen LogP contribution in [0.3, 0.4) is 0 Å². The van der Waals surface area contributed by atoms with Crippen molar-refractivity contribution in [3.63, 3.8) is 0 Å². The van der Waals surface area contributed by atoms with E-state index in [1.54, 1.807) is 6.92 Å². The van der Waals surface area contributed by atoms with Crippen LogP contribution in [0.15, 0.2) is 12.3 Å². The molecule has 102 valence electrons. The van der Waals surface area contributed by atoms with Gasteiger partial charge in [0.1, 0.15) is 6.20 Å². The fourth-order valence-electron chi connectivity index (χ4n) is 1.41. The average Bonchev–Trinajstić information content (AvgIpc) is 2.35. The van der Waals surface area contributed by atoms with Gasteiger partial charge in [-0.1, -0.05) is 0 Å². The summed E-state index contributed by atoms with van der Waals surface area (Å²) >= 11 is 0. The third-order valence-electron chi connectivity index (χ3n) is 2.52. The fourth-order valence-corrected chi connectivity index (χ4v) is 1.41.